The highest BCUT2D eigenvalue weighted by atomic mass is 32.2. The van der Waals surface area contributed by atoms with E-state index < -0.39 is 10.0 Å². The molecule has 0 aliphatic carbocycles. The number of rotatable bonds is 6. The van der Waals surface area contributed by atoms with Crippen molar-refractivity contribution < 1.29 is 22.7 Å². The smallest absolute Gasteiger partial charge is 0.309 e. The third-order valence-corrected chi connectivity index (χ3v) is 5.58. The Morgan fingerprint density at radius 3 is 2.46 bits per heavy atom. The van der Waals surface area contributed by atoms with Crippen LogP contribution in [-0.4, -0.2) is 57.7 Å². The molecule has 1 amide bonds. The van der Waals surface area contributed by atoms with E-state index >= 15 is 0 Å². The lowest BCUT2D eigenvalue weighted by atomic mass is 9.97. The highest BCUT2D eigenvalue weighted by Crippen LogP contribution is 2.22. The summed E-state index contributed by atoms with van der Waals surface area (Å²) in [5.74, 6) is -0.682. The number of carbonyl (C=O) groups excluding carboxylic acids is 2. The summed E-state index contributed by atoms with van der Waals surface area (Å²) in [5, 5.41) is 0. The van der Waals surface area contributed by atoms with Gasteiger partial charge in [0.15, 0.2) is 0 Å². The number of aryl methyl sites for hydroxylation is 1. The molecule has 1 fully saturated rings. The predicted molar refractivity (Wildman–Crippen MR) is 99.3 cm³/mol. The maximum atomic E-state index is 12.6. The van der Waals surface area contributed by atoms with Crippen LogP contribution in [0.2, 0.25) is 0 Å². The zero-order valence-electron chi connectivity index (χ0n) is 15.5. The molecule has 1 aromatic rings. The van der Waals surface area contributed by atoms with E-state index in [-0.39, 0.29) is 24.3 Å². The fraction of sp³-hybridized carbons (Fsp3) is 0.556. The summed E-state index contributed by atoms with van der Waals surface area (Å²) in [7, 11) is -3.59. The number of anilines is 1. The third kappa shape index (κ3) is 5.20. The molecule has 7 nitrogen and oxygen atoms in total. The molecule has 0 saturated carbocycles. The summed E-state index contributed by atoms with van der Waals surface area (Å²) in [5.41, 5.74) is 1.39. The fourth-order valence-electron chi connectivity index (χ4n) is 3.03. The number of sulfonamides is 1. The number of ether oxygens (including phenoxy) is 1. The average Bonchev–Trinajstić information content (AvgIpc) is 2.58. The molecule has 0 atom stereocenters. The molecule has 0 spiro atoms. The number of piperidine rings is 1. The molecule has 0 bridgehead atoms. The van der Waals surface area contributed by atoms with Crippen LogP contribution in [0.5, 0.6) is 0 Å². The Morgan fingerprint density at radius 1 is 1.27 bits per heavy atom. The second-order valence-corrected chi connectivity index (χ2v) is 8.42. The molecule has 1 aliphatic rings. The lowest BCUT2D eigenvalue weighted by Gasteiger charge is -2.32. The number of benzene rings is 1. The van der Waals surface area contributed by atoms with Gasteiger partial charge in [-0.3, -0.25) is 13.9 Å². The fourth-order valence-corrected chi connectivity index (χ4v) is 3.87. The second kappa shape index (κ2) is 8.53. The highest BCUT2D eigenvalue weighted by molar-refractivity contribution is 7.92. The van der Waals surface area contributed by atoms with Gasteiger partial charge in [-0.1, -0.05) is 12.1 Å². The molecule has 1 heterocycles. The van der Waals surface area contributed by atoms with Gasteiger partial charge in [0.25, 0.3) is 0 Å². The van der Waals surface area contributed by atoms with Gasteiger partial charge in [0.2, 0.25) is 15.9 Å². The van der Waals surface area contributed by atoms with Crippen molar-refractivity contribution in [2.24, 2.45) is 5.92 Å². The average molecular weight is 382 g/mol. The first kappa shape index (κ1) is 20.2. The lowest BCUT2D eigenvalue weighted by Crippen LogP contribution is -2.46. The van der Waals surface area contributed by atoms with Crippen molar-refractivity contribution in [1.29, 1.82) is 0 Å². The van der Waals surface area contributed by atoms with Crippen molar-refractivity contribution in [1.82, 2.24) is 4.90 Å². The number of amides is 1. The number of nitrogens with zero attached hydrogens (tertiary/aromatic N) is 2. The molecule has 0 radical (unpaired) electrons. The van der Waals surface area contributed by atoms with Crippen molar-refractivity contribution in [2.45, 2.75) is 26.7 Å². The monoisotopic (exact) mass is 382 g/mol. The minimum absolute atomic E-state index is 0.193. The van der Waals surface area contributed by atoms with Gasteiger partial charge in [-0.2, -0.15) is 0 Å². The lowest BCUT2D eigenvalue weighted by molar-refractivity contribution is -0.151. The summed E-state index contributed by atoms with van der Waals surface area (Å²) in [6.07, 6.45) is 2.16. The van der Waals surface area contributed by atoms with Crippen LogP contribution in [0.1, 0.15) is 25.3 Å². The Kier molecular flexibility index (Phi) is 6.63. The van der Waals surface area contributed by atoms with Crippen molar-refractivity contribution >= 4 is 27.6 Å². The van der Waals surface area contributed by atoms with Crippen LogP contribution in [0, 0.1) is 12.8 Å². The second-order valence-electron chi connectivity index (χ2n) is 6.52. The van der Waals surface area contributed by atoms with E-state index in [1.54, 1.807) is 30.0 Å². The Bertz CT molecular complexity index is 755. The molecular formula is C18H26N2O5S. The molecule has 0 aromatic heterocycles. The Morgan fingerprint density at radius 2 is 1.92 bits per heavy atom. The van der Waals surface area contributed by atoms with E-state index in [4.69, 9.17) is 4.74 Å². The molecule has 1 aromatic carbocycles. The molecule has 144 valence electrons. The van der Waals surface area contributed by atoms with Gasteiger partial charge in [0.1, 0.15) is 6.54 Å². The van der Waals surface area contributed by atoms with Crippen LogP contribution in [0.3, 0.4) is 0 Å². The van der Waals surface area contributed by atoms with E-state index in [1.807, 2.05) is 13.0 Å². The number of likely N-dealkylation sites (tertiary alicyclic amines) is 1. The molecular weight excluding hydrogens is 356 g/mol. The first-order valence-corrected chi connectivity index (χ1v) is 10.6. The van der Waals surface area contributed by atoms with Crippen LogP contribution in [0.15, 0.2) is 24.3 Å². The van der Waals surface area contributed by atoms with E-state index in [9.17, 15) is 18.0 Å². The van der Waals surface area contributed by atoms with Crippen LogP contribution < -0.4 is 4.31 Å². The standard InChI is InChI=1S/C18H26N2O5S/c1-4-25-18(22)15-8-10-19(11-9-15)17(21)13-20(26(3,23)24)16-7-5-6-14(2)12-16/h5-7,12,15H,4,8-11,13H2,1-3H3. The first-order chi connectivity index (χ1) is 12.2. The third-order valence-electron chi connectivity index (χ3n) is 4.44. The molecule has 1 saturated heterocycles. The number of carbonyl (C=O) groups is 2. The number of hydrogen-bond donors (Lipinski definition) is 0. The zero-order valence-corrected chi connectivity index (χ0v) is 16.3. The van der Waals surface area contributed by atoms with Gasteiger partial charge in [-0.05, 0) is 44.4 Å². The SMILES string of the molecule is CCOC(=O)C1CCN(C(=O)CN(c2cccc(C)c2)S(C)(=O)=O)CC1. The van der Waals surface area contributed by atoms with E-state index in [2.05, 4.69) is 0 Å². The predicted octanol–water partition coefficient (Wildman–Crippen LogP) is 1.56. The Hall–Kier alpha value is -2.09. The van der Waals surface area contributed by atoms with Gasteiger partial charge in [0.05, 0.1) is 24.5 Å². The maximum absolute atomic E-state index is 12.6. The summed E-state index contributed by atoms with van der Waals surface area (Å²) >= 11 is 0. The highest BCUT2D eigenvalue weighted by Gasteiger charge is 2.30. The summed E-state index contributed by atoms with van der Waals surface area (Å²) in [6.45, 7) is 4.58. The Labute approximate surface area is 155 Å². The van der Waals surface area contributed by atoms with Crippen LogP contribution in [-0.2, 0) is 24.3 Å². The first-order valence-electron chi connectivity index (χ1n) is 8.71. The molecule has 26 heavy (non-hydrogen) atoms. The maximum Gasteiger partial charge on any atom is 0.309 e. The topological polar surface area (TPSA) is 84.0 Å². The van der Waals surface area contributed by atoms with Crippen LogP contribution in [0.25, 0.3) is 0 Å². The largest absolute Gasteiger partial charge is 0.466 e. The van der Waals surface area contributed by atoms with E-state index in [0.29, 0.717) is 38.2 Å². The summed E-state index contributed by atoms with van der Waals surface area (Å²) < 4.78 is 30.5. The minimum atomic E-state index is -3.59. The van der Waals surface area contributed by atoms with Gasteiger partial charge in [-0.15, -0.1) is 0 Å². The molecule has 2 rings (SSSR count). The number of esters is 1. The van der Waals surface area contributed by atoms with E-state index in [0.717, 1.165) is 16.1 Å². The molecule has 8 heteroatoms. The molecule has 0 N–H and O–H groups in total. The van der Waals surface area contributed by atoms with Crippen molar-refractivity contribution in [3.05, 3.63) is 29.8 Å². The van der Waals surface area contributed by atoms with Crippen LogP contribution >= 0.6 is 0 Å². The minimum Gasteiger partial charge on any atom is -0.466 e. The molecule has 1 aliphatic heterocycles. The van der Waals surface area contributed by atoms with Gasteiger partial charge >= 0.3 is 5.97 Å². The summed E-state index contributed by atoms with van der Waals surface area (Å²) in [4.78, 5) is 26.0. The van der Waals surface area contributed by atoms with Crippen molar-refractivity contribution in [3.8, 4) is 0 Å². The summed E-state index contributed by atoms with van der Waals surface area (Å²) in [6, 6.07) is 7.04. The zero-order chi connectivity index (χ0) is 19.3. The van der Waals surface area contributed by atoms with Gasteiger partial charge < -0.3 is 9.64 Å². The number of hydrogen-bond acceptors (Lipinski definition) is 5. The van der Waals surface area contributed by atoms with Crippen molar-refractivity contribution in [2.75, 3.05) is 36.8 Å². The normalized spacial score (nSPS) is 15.6. The van der Waals surface area contributed by atoms with Crippen molar-refractivity contribution in [3.63, 3.8) is 0 Å². The van der Waals surface area contributed by atoms with Gasteiger partial charge in [-0.25, -0.2) is 8.42 Å². The quantitative estimate of drug-likeness (QED) is 0.697. The molecule has 0 unspecified atom stereocenters. The van der Waals surface area contributed by atoms with E-state index in [1.165, 1.54) is 0 Å². The Balaban J connectivity index is 2.04. The van der Waals surface area contributed by atoms with Gasteiger partial charge in [0, 0.05) is 13.1 Å². The van der Waals surface area contributed by atoms with Crippen LogP contribution in [0.4, 0.5) is 5.69 Å².